The Bertz CT molecular complexity index is 696. The Morgan fingerprint density at radius 3 is 2.65 bits per heavy atom. The summed E-state index contributed by atoms with van der Waals surface area (Å²) in [6, 6.07) is 8.50. The number of rotatable bonds is 3. The van der Waals surface area contributed by atoms with Crippen molar-refractivity contribution >= 4 is 17.7 Å². The van der Waals surface area contributed by atoms with E-state index in [0.717, 1.165) is 31.6 Å². The van der Waals surface area contributed by atoms with Crippen molar-refractivity contribution < 1.29 is 4.79 Å². The van der Waals surface area contributed by atoms with Gasteiger partial charge in [0.2, 0.25) is 0 Å². The number of carbonyl (C=O) groups excluding carboxylic acids is 1. The first kappa shape index (κ1) is 16.0. The van der Waals surface area contributed by atoms with Gasteiger partial charge in [0.25, 0.3) is 5.91 Å². The number of aromatic nitrogens is 2. The summed E-state index contributed by atoms with van der Waals surface area (Å²) in [5, 5.41) is 0.577. The summed E-state index contributed by atoms with van der Waals surface area (Å²) in [5.74, 6) is 0.0578. The molecule has 4 nitrogen and oxygen atoms in total. The van der Waals surface area contributed by atoms with E-state index >= 15 is 0 Å². The molecule has 1 fully saturated rings. The number of hydrogen-bond donors (Lipinski definition) is 0. The lowest BCUT2D eigenvalue weighted by atomic mass is 10.1. The van der Waals surface area contributed by atoms with Crippen LogP contribution in [-0.4, -0.2) is 39.1 Å². The maximum absolute atomic E-state index is 12.6. The molecule has 120 valence electrons. The third-order valence-electron chi connectivity index (χ3n) is 4.26. The summed E-state index contributed by atoms with van der Waals surface area (Å²) < 4.78 is 0. The topological polar surface area (TPSA) is 46.1 Å². The minimum atomic E-state index is 0.0578. The molecule has 1 aromatic heterocycles. The highest BCUT2D eigenvalue weighted by atomic mass is 32.2. The predicted octanol–water partition coefficient (Wildman–Crippen LogP) is 3.49. The number of hydrogen-bond acceptors (Lipinski definition) is 4. The molecule has 0 bridgehead atoms. The molecular weight excluding hydrogens is 306 g/mol. The van der Waals surface area contributed by atoms with Gasteiger partial charge in [0.05, 0.1) is 11.3 Å². The summed E-state index contributed by atoms with van der Waals surface area (Å²) in [5.41, 5.74) is 2.70. The van der Waals surface area contributed by atoms with Crippen molar-refractivity contribution in [2.75, 3.05) is 13.1 Å². The van der Waals surface area contributed by atoms with Crippen molar-refractivity contribution in [3.8, 4) is 0 Å². The largest absolute Gasteiger partial charge is 0.338 e. The summed E-state index contributed by atoms with van der Waals surface area (Å²) in [6.07, 6.45) is 5.16. The van der Waals surface area contributed by atoms with Crippen LogP contribution >= 0.6 is 11.8 Å². The zero-order chi connectivity index (χ0) is 16.2. The molecule has 1 aliphatic rings. The summed E-state index contributed by atoms with van der Waals surface area (Å²) >= 11 is 1.94. The minimum Gasteiger partial charge on any atom is -0.338 e. The standard InChI is InChI=1S/C18H21N3OS/c1-13-5-3-4-6-17(13)23-15-7-9-21(10-8-15)18(22)16-11-19-12-20-14(16)2/h3-6,11-12,15H,7-10H2,1-2H3. The van der Waals surface area contributed by atoms with Gasteiger partial charge in [0.1, 0.15) is 6.33 Å². The predicted molar refractivity (Wildman–Crippen MR) is 92.7 cm³/mol. The third kappa shape index (κ3) is 3.72. The molecule has 0 N–H and O–H groups in total. The van der Waals surface area contributed by atoms with Crippen molar-refractivity contribution in [2.45, 2.75) is 36.8 Å². The van der Waals surface area contributed by atoms with Crippen molar-refractivity contribution in [2.24, 2.45) is 0 Å². The molecule has 1 saturated heterocycles. The van der Waals surface area contributed by atoms with Gasteiger partial charge in [-0.3, -0.25) is 4.79 Å². The van der Waals surface area contributed by atoms with Crippen LogP contribution in [0.4, 0.5) is 0 Å². The third-order valence-corrected chi connectivity index (χ3v) is 5.78. The molecule has 23 heavy (non-hydrogen) atoms. The molecule has 0 atom stereocenters. The second kappa shape index (κ2) is 7.13. The van der Waals surface area contributed by atoms with Crippen molar-refractivity contribution in [3.05, 3.63) is 53.6 Å². The highest BCUT2D eigenvalue weighted by Crippen LogP contribution is 2.32. The first-order chi connectivity index (χ1) is 11.1. The second-order valence-electron chi connectivity index (χ2n) is 5.90. The van der Waals surface area contributed by atoms with Crippen LogP contribution in [0.2, 0.25) is 0 Å². The van der Waals surface area contributed by atoms with Crippen LogP contribution in [0.1, 0.15) is 34.5 Å². The average Bonchev–Trinajstić information content (AvgIpc) is 2.57. The molecule has 0 spiro atoms. The van der Waals surface area contributed by atoms with Gasteiger partial charge in [-0.1, -0.05) is 18.2 Å². The molecule has 5 heteroatoms. The highest BCUT2D eigenvalue weighted by Gasteiger charge is 2.25. The van der Waals surface area contributed by atoms with E-state index in [1.165, 1.54) is 16.8 Å². The van der Waals surface area contributed by atoms with Gasteiger partial charge >= 0.3 is 0 Å². The van der Waals surface area contributed by atoms with Gasteiger partial charge in [0.15, 0.2) is 0 Å². The van der Waals surface area contributed by atoms with Gasteiger partial charge in [-0.2, -0.15) is 0 Å². The van der Waals surface area contributed by atoms with E-state index in [4.69, 9.17) is 0 Å². The Labute approximate surface area is 141 Å². The molecule has 0 aliphatic carbocycles. The van der Waals surface area contributed by atoms with E-state index in [9.17, 15) is 4.79 Å². The first-order valence-electron chi connectivity index (χ1n) is 7.93. The number of amides is 1. The molecule has 0 unspecified atom stereocenters. The highest BCUT2D eigenvalue weighted by molar-refractivity contribution is 8.00. The van der Waals surface area contributed by atoms with Crippen molar-refractivity contribution in [3.63, 3.8) is 0 Å². The number of likely N-dealkylation sites (tertiary alicyclic amines) is 1. The Morgan fingerprint density at radius 2 is 1.96 bits per heavy atom. The van der Waals surface area contributed by atoms with E-state index in [0.29, 0.717) is 10.8 Å². The summed E-state index contributed by atoms with van der Waals surface area (Å²) in [7, 11) is 0. The van der Waals surface area contributed by atoms with E-state index in [1.807, 2.05) is 23.6 Å². The molecule has 3 rings (SSSR count). The Balaban J connectivity index is 1.59. The number of benzene rings is 1. The van der Waals surface area contributed by atoms with Crippen LogP contribution in [0, 0.1) is 13.8 Å². The number of piperidine rings is 1. The number of thioether (sulfide) groups is 1. The smallest absolute Gasteiger partial charge is 0.257 e. The van der Waals surface area contributed by atoms with Crippen LogP contribution in [0.3, 0.4) is 0 Å². The molecule has 0 saturated carbocycles. The van der Waals surface area contributed by atoms with E-state index in [2.05, 4.69) is 41.2 Å². The maximum Gasteiger partial charge on any atom is 0.257 e. The summed E-state index contributed by atoms with van der Waals surface area (Å²) in [6.45, 7) is 5.61. The fraction of sp³-hybridized carbons (Fsp3) is 0.389. The molecule has 2 aromatic rings. The first-order valence-corrected chi connectivity index (χ1v) is 8.81. The van der Waals surface area contributed by atoms with Gasteiger partial charge in [-0.05, 0) is 38.3 Å². The van der Waals surface area contributed by atoms with Crippen LogP contribution in [0.25, 0.3) is 0 Å². The fourth-order valence-electron chi connectivity index (χ4n) is 2.82. The summed E-state index contributed by atoms with van der Waals surface area (Å²) in [4.78, 5) is 24.0. The van der Waals surface area contributed by atoms with Crippen LogP contribution in [0.5, 0.6) is 0 Å². The number of carbonyl (C=O) groups is 1. The monoisotopic (exact) mass is 327 g/mol. The zero-order valence-corrected chi connectivity index (χ0v) is 14.3. The molecule has 1 amide bonds. The van der Waals surface area contributed by atoms with Crippen molar-refractivity contribution in [1.82, 2.24) is 14.9 Å². The van der Waals surface area contributed by atoms with E-state index in [-0.39, 0.29) is 5.91 Å². The lowest BCUT2D eigenvalue weighted by molar-refractivity contribution is 0.0725. The quantitative estimate of drug-likeness (QED) is 0.866. The minimum absolute atomic E-state index is 0.0578. The molecular formula is C18H21N3OS. The average molecular weight is 327 g/mol. The Hall–Kier alpha value is -1.88. The Morgan fingerprint density at radius 1 is 1.22 bits per heavy atom. The fourth-order valence-corrected chi connectivity index (χ4v) is 4.03. The van der Waals surface area contributed by atoms with Gasteiger partial charge in [-0.15, -0.1) is 11.8 Å². The molecule has 2 heterocycles. The zero-order valence-electron chi connectivity index (χ0n) is 13.5. The van der Waals surface area contributed by atoms with Crippen molar-refractivity contribution in [1.29, 1.82) is 0 Å². The van der Waals surface area contributed by atoms with E-state index < -0.39 is 0 Å². The lowest BCUT2D eigenvalue weighted by Crippen LogP contribution is -2.39. The van der Waals surface area contributed by atoms with Crippen LogP contribution in [0.15, 0.2) is 41.7 Å². The second-order valence-corrected chi connectivity index (χ2v) is 7.24. The van der Waals surface area contributed by atoms with Crippen LogP contribution < -0.4 is 0 Å². The normalized spacial score (nSPS) is 15.7. The molecule has 0 radical (unpaired) electrons. The van der Waals surface area contributed by atoms with E-state index in [1.54, 1.807) is 6.20 Å². The van der Waals surface area contributed by atoms with Gasteiger partial charge in [0, 0.05) is 29.4 Å². The maximum atomic E-state index is 12.6. The molecule has 1 aromatic carbocycles. The number of aryl methyl sites for hydroxylation is 2. The SMILES string of the molecule is Cc1ccccc1SC1CCN(C(=O)c2cncnc2C)CC1. The molecule has 1 aliphatic heterocycles. The van der Waals surface area contributed by atoms with Gasteiger partial charge in [-0.25, -0.2) is 9.97 Å². The number of nitrogens with zero attached hydrogens (tertiary/aromatic N) is 3. The van der Waals surface area contributed by atoms with Crippen LogP contribution in [-0.2, 0) is 0 Å². The Kier molecular flexibility index (Phi) is 4.96. The lowest BCUT2D eigenvalue weighted by Gasteiger charge is -2.32. The van der Waals surface area contributed by atoms with Gasteiger partial charge < -0.3 is 4.90 Å².